The highest BCUT2D eigenvalue weighted by Crippen LogP contribution is 2.12. The van der Waals surface area contributed by atoms with Crippen LogP contribution in [0, 0.1) is 6.92 Å². The molecule has 5 heteroatoms. The zero-order valence-corrected chi connectivity index (χ0v) is 16.7. The summed E-state index contributed by atoms with van der Waals surface area (Å²) in [5.74, 6) is 2.04. The van der Waals surface area contributed by atoms with Crippen molar-refractivity contribution in [3.05, 3.63) is 29.8 Å². The summed E-state index contributed by atoms with van der Waals surface area (Å²) in [5.41, 5.74) is 1.26. The maximum Gasteiger partial charge on any atom is 0.193 e. The number of nitrogens with one attached hydrogen (secondary N) is 1. The van der Waals surface area contributed by atoms with Gasteiger partial charge in [-0.25, -0.2) is 0 Å². The number of nitrogens with zero attached hydrogens (tertiary/aromatic N) is 2. The van der Waals surface area contributed by atoms with E-state index in [-0.39, 0.29) is 24.0 Å². The van der Waals surface area contributed by atoms with Crippen LogP contribution in [0.25, 0.3) is 0 Å². The lowest BCUT2D eigenvalue weighted by molar-refractivity contribution is 0.307. The minimum Gasteiger partial charge on any atom is -0.494 e. The first-order valence-electron chi connectivity index (χ1n) is 8.52. The van der Waals surface area contributed by atoms with Gasteiger partial charge in [0.15, 0.2) is 5.96 Å². The summed E-state index contributed by atoms with van der Waals surface area (Å²) < 4.78 is 5.74. The summed E-state index contributed by atoms with van der Waals surface area (Å²) in [5, 5.41) is 3.39. The molecule has 1 aliphatic rings. The molecule has 23 heavy (non-hydrogen) atoms. The predicted molar refractivity (Wildman–Crippen MR) is 108 cm³/mol. The van der Waals surface area contributed by atoms with Crippen molar-refractivity contribution in [1.29, 1.82) is 0 Å². The van der Waals surface area contributed by atoms with Crippen molar-refractivity contribution in [3.8, 4) is 5.75 Å². The quantitative estimate of drug-likeness (QED) is 0.309. The number of aryl methyl sites for hydroxylation is 1. The molecule has 0 spiro atoms. The fourth-order valence-electron chi connectivity index (χ4n) is 2.58. The Morgan fingerprint density at radius 3 is 2.52 bits per heavy atom. The molecule has 0 saturated carbocycles. The molecule has 1 heterocycles. The van der Waals surface area contributed by atoms with Gasteiger partial charge in [-0.3, -0.25) is 4.99 Å². The number of hydrogen-bond donors (Lipinski definition) is 1. The van der Waals surface area contributed by atoms with Crippen LogP contribution in [0.3, 0.4) is 0 Å². The number of ether oxygens (including phenoxy) is 1. The van der Waals surface area contributed by atoms with E-state index < -0.39 is 0 Å². The van der Waals surface area contributed by atoms with Gasteiger partial charge < -0.3 is 15.0 Å². The number of likely N-dealkylation sites (tertiary alicyclic amines) is 1. The van der Waals surface area contributed by atoms with E-state index in [2.05, 4.69) is 36.2 Å². The lowest BCUT2D eigenvalue weighted by Crippen LogP contribution is -2.39. The van der Waals surface area contributed by atoms with Crippen LogP contribution >= 0.6 is 24.0 Å². The number of rotatable bonds is 7. The number of benzene rings is 1. The lowest BCUT2D eigenvalue weighted by atomic mass is 10.2. The fraction of sp³-hybridized carbons (Fsp3) is 0.611. The zero-order valence-electron chi connectivity index (χ0n) is 14.4. The molecule has 0 aromatic heterocycles. The summed E-state index contributed by atoms with van der Waals surface area (Å²) in [6.45, 7) is 9.07. The topological polar surface area (TPSA) is 36.9 Å². The first-order valence-corrected chi connectivity index (χ1v) is 8.52. The minimum absolute atomic E-state index is 0. The molecule has 1 aliphatic heterocycles. The van der Waals surface area contributed by atoms with Crippen molar-refractivity contribution >= 4 is 29.9 Å². The van der Waals surface area contributed by atoms with Crippen molar-refractivity contribution in [1.82, 2.24) is 10.2 Å². The minimum atomic E-state index is 0. The van der Waals surface area contributed by atoms with Gasteiger partial charge in [-0.2, -0.15) is 0 Å². The van der Waals surface area contributed by atoms with E-state index in [9.17, 15) is 0 Å². The Kier molecular flexibility index (Phi) is 10.1. The van der Waals surface area contributed by atoms with Gasteiger partial charge in [0, 0.05) is 26.2 Å². The lowest BCUT2D eigenvalue weighted by Gasteiger charge is -2.20. The molecule has 130 valence electrons. The molecular weight excluding hydrogens is 401 g/mol. The number of halogens is 1. The van der Waals surface area contributed by atoms with Gasteiger partial charge in [-0.1, -0.05) is 17.7 Å². The normalized spacial score (nSPS) is 14.5. The smallest absolute Gasteiger partial charge is 0.193 e. The van der Waals surface area contributed by atoms with Crippen LogP contribution in [-0.4, -0.2) is 43.6 Å². The Balaban J connectivity index is 0.00000264. The maximum absolute atomic E-state index is 5.74. The molecule has 0 atom stereocenters. The van der Waals surface area contributed by atoms with Crippen LogP contribution < -0.4 is 10.1 Å². The number of hydrogen-bond acceptors (Lipinski definition) is 2. The highest BCUT2D eigenvalue weighted by atomic mass is 127. The molecular formula is C18H30IN3O. The number of unbranched alkanes of at least 4 members (excludes halogenated alkanes) is 1. The predicted octanol–water partition coefficient (Wildman–Crippen LogP) is 3.83. The van der Waals surface area contributed by atoms with Crippen molar-refractivity contribution in [3.63, 3.8) is 0 Å². The molecule has 1 aromatic rings. The van der Waals surface area contributed by atoms with Crippen molar-refractivity contribution in [2.24, 2.45) is 4.99 Å². The van der Waals surface area contributed by atoms with Gasteiger partial charge in [-0.05, 0) is 51.7 Å². The summed E-state index contributed by atoms with van der Waals surface area (Å²) in [7, 11) is 0. The van der Waals surface area contributed by atoms with E-state index in [1.54, 1.807) is 0 Å². The largest absolute Gasteiger partial charge is 0.494 e. The van der Waals surface area contributed by atoms with E-state index >= 15 is 0 Å². The molecule has 4 nitrogen and oxygen atoms in total. The monoisotopic (exact) mass is 431 g/mol. The molecule has 1 aromatic carbocycles. The van der Waals surface area contributed by atoms with Gasteiger partial charge in [0.05, 0.1) is 6.61 Å². The zero-order chi connectivity index (χ0) is 15.6. The number of guanidine groups is 1. The van der Waals surface area contributed by atoms with Crippen LogP contribution in [0.1, 0.15) is 38.2 Å². The van der Waals surface area contributed by atoms with Crippen LogP contribution in [0.15, 0.2) is 29.3 Å². The summed E-state index contributed by atoms with van der Waals surface area (Å²) in [4.78, 5) is 7.09. The molecule has 1 fully saturated rings. The van der Waals surface area contributed by atoms with Crippen LogP contribution in [-0.2, 0) is 0 Å². The van der Waals surface area contributed by atoms with E-state index in [0.29, 0.717) is 0 Å². The standard InChI is InChI=1S/C18H29N3O.HI/c1-3-19-18(21-13-5-6-14-21)20-12-4-7-15-22-17-10-8-16(2)9-11-17;/h8-11H,3-7,12-15H2,1-2H3,(H,19,20);1H. The Labute approximate surface area is 157 Å². The van der Waals surface area contributed by atoms with E-state index in [1.807, 2.05) is 12.1 Å². The average molecular weight is 431 g/mol. The van der Waals surface area contributed by atoms with Gasteiger partial charge in [0.2, 0.25) is 0 Å². The molecule has 0 aliphatic carbocycles. The Bertz CT molecular complexity index is 456. The second kappa shape index (κ2) is 11.5. The second-order valence-electron chi connectivity index (χ2n) is 5.80. The Morgan fingerprint density at radius 2 is 1.87 bits per heavy atom. The van der Waals surface area contributed by atoms with E-state index in [1.165, 1.54) is 18.4 Å². The first kappa shape index (κ1) is 20.1. The molecule has 0 radical (unpaired) electrons. The Morgan fingerprint density at radius 1 is 1.17 bits per heavy atom. The molecule has 0 unspecified atom stereocenters. The van der Waals surface area contributed by atoms with Crippen LogP contribution in [0.5, 0.6) is 5.75 Å². The van der Waals surface area contributed by atoms with Crippen LogP contribution in [0.4, 0.5) is 0 Å². The van der Waals surface area contributed by atoms with Crippen molar-refractivity contribution in [2.45, 2.75) is 39.5 Å². The van der Waals surface area contributed by atoms with Gasteiger partial charge in [0.1, 0.15) is 5.75 Å². The van der Waals surface area contributed by atoms with Crippen LogP contribution in [0.2, 0.25) is 0 Å². The molecule has 2 rings (SSSR count). The van der Waals surface area contributed by atoms with Crippen molar-refractivity contribution < 1.29 is 4.74 Å². The molecule has 0 amide bonds. The van der Waals surface area contributed by atoms with Gasteiger partial charge in [-0.15, -0.1) is 24.0 Å². The van der Waals surface area contributed by atoms with Crippen molar-refractivity contribution in [2.75, 3.05) is 32.8 Å². The SMILES string of the molecule is CCNC(=NCCCCOc1ccc(C)cc1)N1CCCC1.I. The highest BCUT2D eigenvalue weighted by Gasteiger charge is 2.14. The van der Waals surface area contributed by atoms with E-state index in [4.69, 9.17) is 9.73 Å². The first-order chi connectivity index (χ1) is 10.8. The summed E-state index contributed by atoms with van der Waals surface area (Å²) >= 11 is 0. The fourth-order valence-corrected chi connectivity index (χ4v) is 2.58. The molecule has 1 saturated heterocycles. The van der Waals surface area contributed by atoms with Gasteiger partial charge >= 0.3 is 0 Å². The third kappa shape index (κ3) is 7.42. The van der Waals surface area contributed by atoms with E-state index in [0.717, 1.165) is 57.3 Å². The summed E-state index contributed by atoms with van der Waals surface area (Å²) in [6, 6.07) is 8.23. The number of aliphatic imine (C=N–C) groups is 1. The molecule has 1 N–H and O–H groups in total. The highest BCUT2D eigenvalue weighted by molar-refractivity contribution is 14.0. The summed E-state index contributed by atoms with van der Waals surface area (Å²) in [6.07, 6.45) is 4.68. The maximum atomic E-state index is 5.74. The second-order valence-corrected chi connectivity index (χ2v) is 5.80. The van der Waals surface area contributed by atoms with Gasteiger partial charge in [0.25, 0.3) is 0 Å². The average Bonchev–Trinajstić information content (AvgIpc) is 3.05. The third-order valence-electron chi connectivity index (χ3n) is 3.84. The third-order valence-corrected chi connectivity index (χ3v) is 3.84. The Hall–Kier alpha value is -0.980. The molecule has 0 bridgehead atoms.